The van der Waals surface area contributed by atoms with Crippen molar-refractivity contribution in [3.05, 3.63) is 46.7 Å². The number of nitrogens with zero attached hydrogens (tertiary/aromatic N) is 5. The molecule has 1 aliphatic carbocycles. The highest BCUT2D eigenvalue weighted by atomic mass is 16.5. The molecule has 0 radical (unpaired) electrons. The van der Waals surface area contributed by atoms with E-state index in [2.05, 4.69) is 25.4 Å². The predicted molar refractivity (Wildman–Crippen MR) is 79.8 cm³/mol. The lowest BCUT2D eigenvalue weighted by atomic mass is 10.3. The Balaban J connectivity index is 1.43. The van der Waals surface area contributed by atoms with E-state index in [0.29, 0.717) is 34.7 Å². The van der Waals surface area contributed by atoms with Gasteiger partial charge in [0.05, 0.1) is 5.39 Å². The lowest BCUT2D eigenvalue weighted by Crippen LogP contribution is -2.21. The molecule has 1 aliphatic heterocycles. The van der Waals surface area contributed by atoms with Crippen LogP contribution in [0.1, 0.15) is 17.6 Å². The van der Waals surface area contributed by atoms with E-state index < -0.39 is 0 Å². The Bertz CT molecular complexity index is 938. The van der Waals surface area contributed by atoms with Crippen LogP contribution in [-0.4, -0.2) is 37.8 Å². The first-order chi connectivity index (χ1) is 11.3. The third-order valence-corrected chi connectivity index (χ3v) is 4.78. The van der Waals surface area contributed by atoms with Gasteiger partial charge >= 0.3 is 0 Å². The first-order valence-corrected chi connectivity index (χ1v) is 7.64. The van der Waals surface area contributed by atoms with Gasteiger partial charge in [-0.2, -0.15) is 4.98 Å². The quantitative estimate of drug-likeness (QED) is 0.735. The third-order valence-electron chi connectivity index (χ3n) is 4.78. The summed E-state index contributed by atoms with van der Waals surface area (Å²) < 4.78 is 6.79. The number of piperidine rings is 1. The molecular formula is C15H14N6O2. The van der Waals surface area contributed by atoms with Gasteiger partial charge in [0.15, 0.2) is 11.5 Å². The Morgan fingerprint density at radius 1 is 1.30 bits per heavy atom. The number of nitrogens with one attached hydrogen (secondary N) is 1. The molecule has 8 heteroatoms. The van der Waals surface area contributed by atoms with E-state index in [1.54, 1.807) is 18.3 Å². The van der Waals surface area contributed by atoms with Crippen molar-refractivity contribution in [1.82, 2.24) is 30.0 Å². The fourth-order valence-corrected chi connectivity index (χ4v) is 3.53. The van der Waals surface area contributed by atoms with Gasteiger partial charge in [0.2, 0.25) is 5.89 Å². The zero-order valence-electron chi connectivity index (χ0n) is 12.2. The molecular weight excluding hydrogens is 296 g/mol. The second kappa shape index (κ2) is 4.69. The Kier molecular flexibility index (Phi) is 2.63. The van der Waals surface area contributed by atoms with Crippen molar-refractivity contribution >= 4 is 11.0 Å². The molecule has 0 bridgehead atoms. The monoisotopic (exact) mass is 310 g/mol. The fraction of sp³-hybridized carbons (Fsp3) is 0.400. The molecule has 1 saturated heterocycles. The Hall–Kier alpha value is -2.61. The van der Waals surface area contributed by atoms with Gasteiger partial charge in [-0.25, -0.2) is 9.97 Å². The maximum Gasteiger partial charge on any atom is 0.263 e. The fourth-order valence-electron chi connectivity index (χ4n) is 3.53. The van der Waals surface area contributed by atoms with Gasteiger partial charge in [-0.3, -0.25) is 9.36 Å². The minimum Gasteiger partial charge on any atom is -0.337 e. The highest BCUT2D eigenvalue weighted by Gasteiger charge is 2.55. The topological polar surface area (TPSA) is 98.7 Å². The molecule has 23 heavy (non-hydrogen) atoms. The predicted octanol–water partition coefficient (Wildman–Crippen LogP) is 0.156. The summed E-state index contributed by atoms with van der Waals surface area (Å²) >= 11 is 0. The van der Waals surface area contributed by atoms with Crippen LogP contribution < -0.4 is 10.9 Å². The second-order valence-electron chi connectivity index (χ2n) is 6.11. The van der Waals surface area contributed by atoms with Gasteiger partial charge in [-0.05, 0) is 37.1 Å². The SMILES string of the molecule is O=c1c2cccnc2ncn1Cc1nc(C2[C@H]3CNC[C@@H]23)no1. The first-order valence-electron chi connectivity index (χ1n) is 7.64. The summed E-state index contributed by atoms with van der Waals surface area (Å²) in [5.74, 6) is 2.88. The molecule has 2 fully saturated rings. The van der Waals surface area contributed by atoms with Crippen molar-refractivity contribution in [2.24, 2.45) is 11.8 Å². The lowest BCUT2D eigenvalue weighted by Gasteiger charge is -2.02. The van der Waals surface area contributed by atoms with E-state index in [-0.39, 0.29) is 12.1 Å². The Morgan fingerprint density at radius 2 is 2.17 bits per heavy atom. The Morgan fingerprint density at radius 3 is 3.04 bits per heavy atom. The van der Waals surface area contributed by atoms with E-state index in [1.165, 1.54) is 10.9 Å². The van der Waals surface area contributed by atoms with E-state index >= 15 is 0 Å². The van der Waals surface area contributed by atoms with Gasteiger partial charge < -0.3 is 9.84 Å². The Labute approximate surface area is 130 Å². The van der Waals surface area contributed by atoms with Gasteiger partial charge in [0, 0.05) is 12.1 Å². The molecule has 3 aromatic heterocycles. The van der Waals surface area contributed by atoms with Crippen LogP contribution in [-0.2, 0) is 6.54 Å². The van der Waals surface area contributed by atoms with Crippen LogP contribution in [0.5, 0.6) is 0 Å². The standard InChI is InChI=1S/C15H14N6O2/c22-15-8-2-1-3-17-13(8)18-7-21(15)6-11-19-14(20-23-11)12-9-4-16-5-10(9)12/h1-3,7,9-10,12,16H,4-6H2/t9-,10+,12?. The highest BCUT2D eigenvalue weighted by molar-refractivity contribution is 5.72. The molecule has 8 nitrogen and oxygen atoms in total. The van der Waals surface area contributed by atoms with Crippen LogP contribution in [0.25, 0.3) is 11.0 Å². The van der Waals surface area contributed by atoms with Crippen LogP contribution in [0.15, 0.2) is 34.0 Å². The normalized spacial score (nSPS) is 25.7. The van der Waals surface area contributed by atoms with Crippen molar-refractivity contribution in [3.8, 4) is 0 Å². The van der Waals surface area contributed by atoms with Crippen LogP contribution in [0.4, 0.5) is 0 Å². The number of aromatic nitrogens is 5. The average Bonchev–Trinajstić information content (AvgIpc) is 2.96. The maximum atomic E-state index is 12.4. The van der Waals surface area contributed by atoms with E-state index in [4.69, 9.17) is 4.52 Å². The van der Waals surface area contributed by atoms with Gasteiger partial charge in [0.1, 0.15) is 12.9 Å². The molecule has 2 aliphatic rings. The van der Waals surface area contributed by atoms with E-state index in [9.17, 15) is 4.79 Å². The number of rotatable bonds is 3. The molecule has 116 valence electrons. The molecule has 1 unspecified atom stereocenters. The molecule has 0 aromatic carbocycles. The molecule has 0 amide bonds. The minimum atomic E-state index is -0.157. The van der Waals surface area contributed by atoms with Crippen LogP contribution in [0.2, 0.25) is 0 Å². The van der Waals surface area contributed by atoms with Crippen molar-refractivity contribution in [3.63, 3.8) is 0 Å². The van der Waals surface area contributed by atoms with Gasteiger partial charge in [-0.15, -0.1) is 0 Å². The van der Waals surface area contributed by atoms with Gasteiger partial charge in [-0.1, -0.05) is 5.16 Å². The van der Waals surface area contributed by atoms with E-state index in [1.807, 2.05) is 0 Å². The average molecular weight is 310 g/mol. The molecule has 5 rings (SSSR count). The molecule has 3 aromatic rings. The van der Waals surface area contributed by atoms with Crippen LogP contribution in [0, 0.1) is 11.8 Å². The molecule has 1 saturated carbocycles. The third kappa shape index (κ3) is 1.98. The van der Waals surface area contributed by atoms with Crippen molar-refractivity contribution < 1.29 is 4.52 Å². The summed E-state index contributed by atoms with van der Waals surface area (Å²) in [4.78, 5) is 25.2. The summed E-state index contributed by atoms with van der Waals surface area (Å²) in [5.41, 5.74) is 0.286. The van der Waals surface area contributed by atoms with Gasteiger partial charge in [0.25, 0.3) is 5.56 Å². The molecule has 3 atom stereocenters. The summed E-state index contributed by atoms with van der Waals surface area (Å²) in [6.07, 6.45) is 3.09. The zero-order chi connectivity index (χ0) is 15.4. The zero-order valence-corrected chi connectivity index (χ0v) is 12.2. The largest absolute Gasteiger partial charge is 0.337 e. The van der Waals surface area contributed by atoms with Crippen molar-refractivity contribution in [1.29, 1.82) is 0 Å². The number of hydrogen-bond acceptors (Lipinski definition) is 7. The minimum absolute atomic E-state index is 0.157. The summed E-state index contributed by atoms with van der Waals surface area (Å²) in [5, 5.41) is 7.92. The molecule has 0 spiro atoms. The smallest absolute Gasteiger partial charge is 0.263 e. The highest BCUT2D eigenvalue weighted by Crippen LogP contribution is 2.54. The summed E-state index contributed by atoms with van der Waals surface area (Å²) in [7, 11) is 0. The van der Waals surface area contributed by atoms with Crippen LogP contribution >= 0.6 is 0 Å². The number of hydrogen-bond donors (Lipinski definition) is 1. The summed E-state index contributed by atoms with van der Waals surface area (Å²) in [6, 6.07) is 3.44. The van der Waals surface area contributed by atoms with E-state index in [0.717, 1.165) is 18.9 Å². The van der Waals surface area contributed by atoms with Crippen LogP contribution in [0.3, 0.4) is 0 Å². The molecule has 1 N–H and O–H groups in total. The maximum absolute atomic E-state index is 12.4. The number of pyridine rings is 1. The lowest BCUT2D eigenvalue weighted by molar-refractivity contribution is 0.363. The molecule has 4 heterocycles. The summed E-state index contributed by atoms with van der Waals surface area (Å²) in [6.45, 7) is 2.28. The second-order valence-corrected chi connectivity index (χ2v) is 6.11. The van der Waals surface area contributed by atoms with Crippen molar-refractivity contribution in [2.75, 3.05) is 13.1 Å². The van der Waals surface area contributed by atoms with Crippen molar-refractivity contribution in [2.45, 2.75) is 12.5 Å². The first kappa shape index (κ1) is 12.9. The number of fused-ring (bicyclic) bond motifs is 2.